The van der Waals surface area contributed by atoms with Gasteiger partial charge in [-0.05, 0) is 56.4 Å². The SMILES string of the molecule is CC(C)CCOc1ccc(C(=O)OC(C)C(=O)NC2CCCC2)cc1. The van der Waals surface area contributed by atoms with Crippen LogP contribution < -0.4 is 10.1 Å². The Bertz CT molecular complexity index is 562. The second-order valence-electron chi connectivity index (χ2n) is 7.09. The Hall–Kier alpha value is -2.04. The zero-order valence-electron chi connectivity index (χ0n) is 15.4. The molecule has 1 aromatic rings. The van der Waals surface area contributed by atoms with E-state index < -0.39 is 12.1 Å². The summed E-state index contributed by atoms with van der Waals surface area (Å²) in [4.78, 5) is 24.3. The molecule has 0 spiro atoms. The van der Waals surface area contributed by atoms with Crippen molar-refractivity contribution in [2.75, 3.05) is 6.61 Å². The van der Waals surface area contributed by atoms with E-state index >= 15 is 0 Å². The van der Waals surface area contributed by atoms with Crippen LogP contribution in [0.5, 0.6) is 5.75 Å². The maximum atomic E-state index is 12.2. The summed E-state index contributed by atoms with van der Waals surface area (Å²) < 4.78 is 10.9. The van der Waals surface area contributed by atoms with Gasteiger partial charge in [0.2, 0.25) is 0 Å². The van der Waals surface area contributed by atoms with Gasteiger partial charge in [-0.2, -0.15) is 0 Å². The number of carbonyl (C=O) groups is 2. The van der Waals surface area contributed by atoms with Crippen LogP contribution in [0.2, 0.25) is 0 Å². The van der Waals surface area contributed by atoms with Crippen molar-refractivity contribution in [3.05, 3.63) is 29.8 Å². The van der Waals surface area contributed by atoms with Crippen molar-refractivity contribution in [1.29, 1.82) is 0 Å². The zero-order valence-corrected chi connectivity index (χ0v) is 15.4. The molecule has 25 heavy (non-hydrogen) atoms. The van der Waals surface area contributed by atoms with Gasteiger partial charge in [-0.15, -0.1) is 0 Å². The van der Waals surface area contributed by atoms with Gasteiger partial charge in [0.15, 0.2) is 6.10 Å². The molecular weight excluding hydrogens is 318 g/mol. The summed E-state index contributed by atoms with van der Waals surface area (Å²) in [7, 11) is 0. The van der Waals surface area contributed by atoms with Crippen LogP contribution >= 0.6 is 0 Å². The Morgan fingerprint density at radius 1 is 1.12 bits per heavy atom. The van der Waals surface area contributed by atoms with Crippen molar-refractivity contribution in [2.24, 2.45) is 5.92 Å². The lowest BCUT2D eigenvalue weighted by molar-refractivity contribution is -0.129. The number of hydrogen-bond donors (Lipinski definition) is 1. The highest BCUT2D eigenvalue weighted by molar-refractivity contribution is 5.92. The molecule has 0 aliphatic heterocycles. The molecule has 1 atom stereocenters. The molecule has 1 saturated carbocycles. The van der Waals surface area contributed by atoms with Crippen LogP contribution in [0.15, 0.2) is 24.3 Å². The second-order valence-corrected chi connectivity index (χ2v) is 7.09. The quantitative estimate of drug-likeness (QED) is 0.728. The Morgan fingerprint density at radius 3 is 2.36 bits per heavy atom. The number of carbonyl (C=O) groups excluding carboxylic acids is 2. The molecule has 1 aliphatic rings. The van der Waals surface area contributed by atoms with Crippen molar-refractivity contribution in [3.8, 4) is 5.75 Å². The Kier molecular flexibility index (Phi) is 7.29. The van der Waals surface area contributed by atoms with E-state index in [0.717, 1.165) is 37.9 Å². The number of esters is 1. The van der Waals surface area contributed by atoms with E-state index in [1.807, 2.05) is 0 Å². The highest BCUT2D eigenvalue weighted by atomic mass is 16.5. The van der Waals surface area contributed by atoms with E-state index in [9.17, 15) is 9.59 Å². The molecular formula is C20H29NO4. The van der Waals surface area contributed by atoms with E-state index in [-0.39, 0.29) is 11.9 Å². The average molecular weight is 347 g/mol. The fourth-order valence-electron chi connectivity index (χ4n) is 2.77. The monoisotopic (exact) mass is 347 g/mol. The molecule has 1 fully saturated rings. The van der Waals surface area contributed by atoms with Gasteiger partial charge in [0, 0.05) is 6.04 Å². The fraction of sp³-hybridized carbons (Fsp3) is 0.600. The molecule has 2 rings (SSSR count). The average Bonchev–Trinajstić information content (AvgIpc) is 3.08. The van der Waals surface area contributed by atoms with Gasteiger partial charge in [-0.3, -0.25) is 4.79 Å². The second kappa shape index (κ2) is 9.44. The number of nitrogens with one attached hydrogen (secondary N) is 1. The zero-order chi connectivity index (χ0) is 18.2. The van der Waals surface area contributed by atoms with Crippen LogP contribution in [0.1, 0.15) is 63.2 Å². The van der Waals surface area contributed by atoms with Gasteiger partial charge in [0.25, 0.3) is 5.91 Å². The number of amides is 1. The molecule has 1 aliphatic carbocycles. The molecule has 138 valence electrons. The van der Waals surface area contributed by atoms with E-state index in [4.69, 9.17) is 9.47 Å². The van der Waals surface area contributed by atoms with E-state index in [2.05, 4.69) is 19.2 Å². The molecule has 1 N–H and O–H groups in total. The molecule has 1 unspecified atom stereocenters. The first-order valence-electron chi connectivity index (χ1n) is 9.20. The summed E-state index contributed by atoms with van der Waals surface area (Å²) in [5, 5.41) is 2.94. The molecule has 0 aromatic heterocycles. The summed E-state index contributed by atoms with van der Waals surface area (Å²) >= 11 is 0. The minimum atomic E-state index is -0.796. The standard InChI is InChI=1S/C20H29NO4/c1-14(2)12-13-24-18-10-8-16(9-11-18)20(23)25-15(3)19(22)21-17-6-4-5-7-17/h8-11,14-15,17H,4-7,12-13H2,1-3H3,(H,21,22). The normalized spacial score (nSPS) is 15.8. The highest BCUT2D eigenvalue weighted by Gasteiger charge is 2.23. The number of benzene rings is 1. The third kappa shape index (κ3) is 6.40. The Morgan fingerprint density at radius 2 is 1.76 bits per heavy atom. The number of hydrogen-bond acceptors (Lipinski definition) is 4. The van der Waals surface area contributed by atoms with Gasteiger partial charge in [0.1, 0.15) is 5.75 Å². The van der Waals surface area contributed by atoms with Gasteiger partial charge >= 0.3 is 5.97 Å². The fourth-order valence-corrected chi connectivity index (χ4v) is 2.77. The topological polar surface area (TPSA) is 64.6 Å². The molecule has 5 heteroatoms. The Labute approximate surface area is 150 Å². The van der Waals surface area contributed by atoms with Crippen LogP contribution in [-0.2, 0) is 9.53 Å². The van der Waals surface area contributed by atoms with Gasteiger partial charge in [-0.1, -0.05) is 26.7 Å². The van der Waals surface area contributed by atoms with E-state index in [0.29, 0.717) is 18.1 Å². The minimum absolute atomic E-state index is 0.218. The first-order valence-corrected chi connectivity index (χ1v) is 9.20. The molecule has 5 nitrogen and oxygen atoms in total. The van der Waals surface area contributed by atoms with Gasteiger partial charge in [0.05, 0.1) is 12.2 Å². The Balaban J connectivity index is 1.79. The van der Waals surface area contributed by atoms with Gasteiger partial charge < -0.3 is 14.8 Å². The molecule has 1 aromatic carbocycles. The van der Waals surface area contributed by atoms with Gasteiger partial charge in [-0.25, -0.2) is 4.79 Å². The summed E-state index contributed by atoms with van der Waals surface area (Å²) in [5.41, 5.74) is 0.414. The molecule has 1 amide bonds. The van der Waals surface area contributed by atoms with Crippen LogP contribution in [0.3, 0.4) is 0 Å². The summed E-state index contributed by atoms with van der Waals surface area (Å²) in [6, 6.07) is 7.04. The lowest BCUT2D eigenvalue weighted by Crippen LogP contribution is -2.40. The largest absolute Gasteiger partial charge is 0.494 e. The summed E-state index contributed by atoms with van der Waals surface area (Å²) in [5.74, 6) is 0.590. The minimum Gasteiger partial charge on any atom is -0.494 e. The maximum absolute atomic E-state index is 12.2. The predicted octanol–water partition coefficient (Wildman–Crippen LogP) is 3.72. The van der Waals surface area contributed by atoms with E-state index in [1.54, 1.807) is 31.2 Å². The highest BCUT2D eigenvalue weighted by Crippen LogP contribution is 2.18. The van der Waals surface area contributed by atoms with Crippen LogP contribution in [0.4, 0.5) is 0 Å². The van der Waals surface area contributed by atoms with Crippen molar-refractivity contribution in [1.82, 2.24) is 5.32 Å². The smallest absolute Gasteiger partial charge is 0.338 e. The summed E-state index contributed by atoms with van der Waals surface area (Å²) in [6.45, 7) is 6.55. The number of ether oxygens (including phenoxy) is 2. The van der Waals surface area contributed by atoms with Crippen molar-refractivity contribution >= 4 is 11.9 Å². The lowest BCUT2D eigenvalue weighted by atomic mass is 10.1. The predicted molar refractivity (Wildman–Crippen MR) is 96.7 cm³/mol. The van der Waals surface area contributed by atoms with Crippen LogP contribution in [0, 0.1) is 5.92 Å². The third-order valence-corrected chi connectivity index (χ3v) is 4.41. The van der Waals surface area contributed by atoms with E-state index in [1.165, 1.54) is 0 Å². The molecule has 0 bridgehead atoms. The van der Waals surface area contributed by atoms with Crippen LogP contribution in [-0.4, -0.2) is 30.6 Å². The van der Waals surface area contributed by atoms with Crippen molar-refractivity contribution in [2.45, 2.75) is 65.0 Å². The first-order chi connectivity index (χ1) is 12.0. The van der Waals surface area contributed by atoms with Crippen LogP contribution in [0.25, 0.3) is 0 Å². The summed E-state index contributed by atoms with van der Waals surface area (Å²) in [6.07, 6.45) is 4.48. The maximum Gasteiger partial charge on any atom is 0.338 e. The first kappa shape index (κ1) is 19.3. The number of rotatable bonds is 8. The molecule has 0 radical (unpaired) electrons. The lowest BCUT2D eigenvalue weighted by Gasteiger charge is -2.17. The van der Waals surface area contributed by atoms with Crippen molar-refractivity contribution < 1.29 is 19.1 Å². The molecule has 0 saturated heterocycles. The molecule has 0 heterocycles. The van der Waals surface area contributed by atoms with Crippen molar-refractivity contribution in [3.63, 3.8) is 0 Å². The third-order valence-electron chi connectivity index (χ3n) is 4.41.